The van der Waals surface area contributed by atoms with E-state index < -0.39 is 0 Å². The zero-order valence-electron chi connectivity index (χ0n) is 11.6. The second-order valence-electron chi connectivity index (χ2n) is 5.52. The molecule has 5 nitrogen and oxygen atoms in total. The monoisotopic (exact) mass is 252 g/mol. The number of likely N-dealkylation sites (tertiary alicyclic amines) is 1. The minimum atomic E-state index is -0.182. The van der Waals surface area contributed by atoms with E-state index in [9.17, 15) is 0 Å². The lowest BCUT2D eigenvalue weighted by Gasteiger charge is -2.38. The van der Waals surface area contributed by atoms with Crippen molar-refractivity contribution in [2.75, 3.05) is 6.54 Å². The van der Waals surface area contributed by atoms with E-state index in [1.165, 1.54) is 25.8 Å². The molecule has 1 aromatic rings. The average molecular weight is 252 g/mol. The summed E-state index contributed by atoms with van der Waals surface area (Å²) in [5.41, 5.74) is 5.73. The highest BCUT2D eigenvalue weighted by Gasteiger charge is 2.26. The summed E-state index contributed by atoms with van der Waals surface area (Å²) in [6.45, 7) is 7.54. The molecule has 0 amide bonds. The summed E-state index contributed by atoms with van der Waals surface area (Å²) in [6.07, 6.45) is 4.69. The fraction of sp³-hybridized carbons (Fsp3) is 0.846. The second-order valence-corrected chi connectivity index (χ2v) is 5.52. The van der Waals surface area contributed by atoms with Gasteiger partial charge in [-0.05, 0) is 40.2 Å². The summed E-state index contributed by atoms with van der Waals surface area (Å²) < 4.78 is 5.16. The van der Waals surface area contributed by atoms with Crippen molar-refractivity contribution in [1.82, 2.24) is 15.0 Å². The van der Waals surface area contributed by atoms with Gasteiger partial charge in [0, 0.05) is 18.5 Å². The van der Waals surface area contributed by atoms with E-state index in [-0.39, 0.29) is 6.04 Å². The zero-order chi connectivity index (χ0) is 13.1. The molecule has 1 fully saturated rings. The van der Waals surface area contributed by atoms with E-state index in [1.807, 2.05) is 6.92 Å². The molecule has 5 heteroatoms. The minimum absolute atomic E-state index is 0.182. The normalized spacial score (nSPS) is 23.5. The first-order valence-electron chi connectivity index (χ1n) is 6.91. The smallest absolute Gasteiger partial charge is 0.243 e. The van der Waals surface area contributed by atoms with Crippen LogP contribution in [0.3, 0.4) is 0 Å². The van der Waals surface area contributed by atoms with Gasteiger partial charge in [-0.25, -0.2) is 0 Å². The van der Waals surface area contributed by atoms with E-state index >= 15 is 0 Å². The lowest BCUT2D eigenvalue weighted by Crippen LogP contribution is -2.45. The minimum Gasteiger partial charge on any atom is -0.338 e. The number of piperidine rings is 1. The summed E-state index contributed by atoms with van der Waals surface area (Å²) in [5, 5.41) is 4.03. The van der Waals surface area contributed by atoms with Gasteiger partial charge >= 0.3 is 0 Å². The summed E-state index contributed by atoms with van der Waals surface area (Å²) >= 11 is 0. The Bertz CT molecular complexity index is 375. The highest BCUT2D eigenvalue weighted by atomic mass is 16.5. The van der Waals surface area contributed by atoms with E-state index in [4.69, 9.17) is 10.3 Å². The van der Waals surface area contributed by atoms with Crippen molar-refractivity contribution < 1.29 is 4.52 Å². The van der Waals surface area contributed by atoms with Crippen LogP contribution in [0, 0.1) is 0 Å². The molecule has 2 rings (SSSR count). The molecule has 18 heavy (non-hydrogen) atoms. The highest BCUT2D eigenvalue weighted by molar-refractivity contribution is 4.94. The second kappa shape index (κ2) is 5.80. The van der Waals surface area contributed by atoms with Gasteiger partial charge in [0.2, 0.25) is 5.89 Å². The van der Waals surface area contributed by atoms with Gasteiger partial charge in [0.1, 0.15) is 0 Å². The lowest BCUT2D eigenvalue weighted by molar-refractivity contribution is 0.110. The van der Waals surface area contributed by atoms with Crippen molar-refractivity contribution in [1.29, 1.82) is 0 Å². The van der Waals surface area contributed by atoms with Crippen molar-refractivity contribution in [3.63, 3.8) is 0 Å². The van der Waals surface area contributed by atoms with Crippen LogP contribution in [0.1, 0.15) is 57.8 Å². The van der Waals surface area contributed by atoms with Crippen molar-refractivity contribution >= 4 is 0 Å². The SMILES string of the molecule is CC(N)c1nc(CC2CCCCN2C(C)C)no1. The molecule has 1 saturated heterocycles. The summed E-state index contributed by atoms with van der Waals surface area (Å²) in [5.74, 6) is 1.33. The third-order valence-electron chi connectivity index (χ3n) is 3.63. The molecule has 102 valence electrons. The van der Waals surface area contributed by atoms with Crippen LogP contribution in [0.4, 0.5) is 0 Å². The van der Waals surface area contributed by atoms with Crippen LogP contribution in [0.25, 0.3) is 0 Å². The quantitative estimate of drug-likeness (QED) is 0.886. The zero-order valence-corrected chi connectivity index (χ0v) is 11.6. The summed E-state index contributed by atoms with van der Waals surface area (Å²) in [7, 11) is 0. The van der Waals surface area contributed by atoms with Gasteiger partial charge in [0.05, 0.1) is 6.04 Å². The van der Waals surface area contributed by atoms with Gasteiger partial charge in [-0.15, -0.1) is 0 Å². The summed E-state index contributed by atoms with van der Waals surface area (Å²) in [6, 6.07) is 0.936. The Morgan fingerprint density at radius 2 is 2.17 bits per heavy atom. The Hall–Kier alpha value is -0.940. The average Bonchev–Trinajstić information content (AvgIpc) is 2.78. The first kappa shape index (κ1) is 13.5. The van der Waals surface area contributed by atoms with Crippen LogP contribution in [0.15, 0.2) is 4.52 Å². The van der Waals surface area contributed by atoms with Crippen LogP contribution in [-0.2, 0) is 6.42 Å². The fourth-order valence-electron chi connectivity index (χ4n) is 2.67. The fourth-order valence-corrected chi connectivity index (χ4v) is 2.67. The van der Waals surface area contributed by atoms with Gasteiger partial charge < -0.3 is 10.3 Å². The molecule has 2 unspecified atom stereocenters. The van der Waals surface area contributed by atoms with Gasteiger partial charge in [0.15, 0.2) is 5.82 Å². The largest absolute Gasteiger partial charge is 0.338 e. The Labute approximate surface area is 109 Å². The maximum atomic E-state index is 5.73. The molecule has 0 spiro atoms. The number of aromatic nitrogens is 2. The van der Waals surface area contributed by atoms with Gasteiger partial charge in [0.25, 0.3) is 0 Å². The topological polar surface area (TPSA) is 68.2 Å². The Morgan fingerprint density at radius 1 is 1.39 bits per heavy atom. The van der Waals surface area contributed by atoms with Crippen LogP contribution in [-0.4, -0.2) is 33.7 Å². The molecular formula is C13H24N4O. The third kappa shape index (κ3) is 3.09. The first-order valence-corrected chi connectivity index (χ1v) is 6.91. The van der Waals surface area contributed by atoms with E-state index in [1.54, 1.807) is 0 Å². The molecule has 1 aliphatic heterocycles. The molecule has 2 atom stereocenters. The van der Waals surface area contributed by atoms with Crippen LogP contribution in [0.2, 0.25) is 0 Å². The predicted molar refractivity (Wildman–Crippen MR) is 70.1 cm³/mol. The van der Waals surface area contributed by atoms with Crippen molar-refractivity contribution in [3.05, 3.63) is 11.7 Å². The van der Waals surface area contributed by atoms with Crippen LogP contribution >= 0.6 is 0 Å². The van der Waals surface area contributed by atoms with Crippen molar-refractivity contribution in [2.24, 2.45) is 5.73 Å². The van der Waals surface area contributed by atoms with E-state index in [0.29, 0.717) is 18.0 Å². The van der Waals surface area contributed by atoms with Gasteiger partial charge in [-0.3, -0.25) is 4.90 Å². The summed E-state index contributed by atoms with van der Waals surface area (Å²) in [4.78, 5) is 6.92. The van der Waals surface area contributed by atoms with Crippen molar-refractivity contribution in [3.8, 4) is 0 Å². The Morgan fingerprint density at radius 3 is 2.78 bits per heavy atom. The lowest BCUT2D eigenvalue weighted by atomic mass is 9.97. The molecule has 0 aromatic carbocycles. The van der Waals surface area contributed by atoms with E-state index in [2.05, 4.69) is 28.9 Å². The van der Waals surface area contributed by atoms with Gasteiger partial charge in [-0.1, -0.05) is 11.6 Å². The first-order chi connectivity index (χ1) is 8.58. The van der Waals surface area contributed by atoms with E-state index in [0.717, 1.165) is 12.2 Å². The molecule has 1 aromatic heterocycles. The molecule has 0 saturated carbocycles. The Balaban J connectivity index is 2.01. The molecule has 1 aliphatic rings. The van der Waals surface area contributed by atoms with Crippen LogP contribution < -0.4 is 5.73 Å². The third-order valence-corrected chi connectivity index (χ3v) is 3.63. The molecule has 0 aliphatic carbocycles. The molecule has 0 radical (unpaired) electrons. The molecule has 2 N–H and O–H groups in total. The van der Waals surface area contributed by atoms with Crippen LogP contribution in [0.5, 0.6) is 0 Å². The highest BCUT2D eigenvalue weighted by Crippen LogP contribution is 2.22. The standard InChI is InChI=1S/C13H24N4O/c1-9(2)17-7-5-4-6-11(17)8-12-15-13(10(3)14)18-16-12/h9-11H,4-8,14H2,1-3H3. The van der Waals surface area contributed by atoms with Crippen molar-refractivity contribution in [2.45, 2.75) is 64.6 Å². The maximum Gasteiger partial charge on any atom is 0.243 e. The predicted octanol–water partition coefficient (Wildman–Crippen LogP) is 1.89. The molecule has 2 heterocycles. The Kier molecular flexibility index (Phi) is 4.35. The number of rotatable bonds is 4. The number of nitrogens with zero attached hydrogens (tertiary/aromatic N) is 3. The number of hydrogen-bond donors (Lipinski definition) is 1. The number of nitrogens with two attached hydrogens (primary N) is 1. The number of hydrogen-bond acceptors (Lipinski definition) is 5. The maximum absolute atomic E-state index is 5.73. The molecule has 0 bridgehead atoms. The molecular weight excluding hydrogens is 228 g/mol. The van der Waals surface area contributed by atoms with Gasteiger partial charge in [-0.2, -0.15) is 4.98 Å².